The molecule has 4 nitrogen and oxygen atoms in total. The second-order valence-corrected chi connectivity index (χ2v) is 5.30. The predicted molar refractivity (Wildman–Crippen MR) is 70.7 cm³/mol. The molecule has 1 heterocycles. The van der Waals surface area contributed by atoms with Crippen LogP contribution in [0.3, 0.4) is 0 Å². The number of nitrogens with zero attached hydrogens (tertiary/aromatic N) is 2. The number of hydrogen-bond donors (Lipinski definition) is 1. The van der Waals surface area contributed by atoms with Crippen LogP contribution < -0.4 is 0 Å². The van der Waals surface area contributed by atoms with Gasteiger partial charge in [0.25, 0.3) is 5.91 Å². The van der Waals surface area contributed by atoms with Crippen LogP contribution in [0, 0.1) is 5.92 Å². The molecule has 1 aliphatic carbocycles. The van der Waals surface area contributed by atoms with Crippen molar-refractivity contribution in [3.05, 3.63) is 23.3 Å². The van der Waals surface area contributed by atoms with Crippen molar-refractivity contribution >= 4 is 11.6 Å². The molecule has 0 saturated heterocycles. The second kappa shape index (κ2) is 5.38. The summed E-state index contributed by atoms with van der Waals surface area (Å²) in [6, 6.07) is 0. The minimum absolute atomic E-state index is 0.150. The normalized spacial score (nSPS) is 22.7. The zero-order chi connectivity index (χ0) is 13.1. The van der Waals surface area contributed by atoms with Crippen molar-refractivity contribution in [3.8, 4) is 0 Å². The molecule has 18 heavy (non-hydrogen) atoms. The first-order valence-electron chi connectivity index (χ1n) is 6.53. The number of carbonyl (C=O) groups excluding carboxylic acids is 1. The number of carbonyl (C=O) groups is 1. The molecule has 0 fully saturated rings. The molecular formula is C14H20N2O2. The Balaban J connectivity index is 2.30. The van der Waals surface area contributed by atoms with Crippen molar-refractivity contribution in [2.45, 2.75) is 33.1 Å². The standard InChI is InChI=1S/C14H20N2O2/c1-10(2)9-16-8-7-11-5-3-4-6-12(11)13(15-18)14(16)17/h4,6,10,18H,3,5,7-9H2,1-2H3. The quantitative estimate of drug-likeness (QED) is 0.602. The van der Waals surface area contributed by atoms with Gasteiger partial charge < -0.3 is 10.1 Å². The van der Waals surface area contributed by atoms with Gasteiger partial charge in [0.2, 0.25) is 0 Å². The Hall–Kier alpha value is -1.58. The van der Waals surface area contributed by atoms with E-state index in [1.807, 2.05) is 12.2 Å². The van der Waals surface area contributed by atoms with E-state index in [0.717, 1.165) is 31.4 Å². The molecule has 0 spiro atoms. The number of rotatable bonds is 2. The molecule has 1 amide bonds. The average molecular weight is 248 g/mol. The van der Waals surface area contributed by atoms with Crippen LogP contribution in [0.1, 0.15) is 33.1 Å². The van der Waals surface area contributed by atoms with Gasteiger partial charge in [-0.25, -0.2) is 0 Å². The molecule has 0 aromatic carbocycles. The first-order chi connectivity index (χ1) is 8.63. The van der Waals surface area contributed by atoms with Crippen molar-refractivity contribution in [1.82, 2.24) is 4.90 Å². The summed E-state index contributed by atoms with van der Waals surface area (Å²) in [6.45, 7) is 5.60. The van der Waals surface area contributed by atoms with E-state index >= 15 is 0 Å². The first-order valence-corrected chi connectivity index (χ1v) is 6.53. The Morgan fingerprint density at radius 3 is 2.89 bits per heavy atom. The Bertz CT molecular complexity index is 433. The Morgan fingerprint density at radius 2 is 2.22 bits per heavy atom. The molecule has 4 heteroatoms. The molecule has 0 aromatic rings. The lowest BCUT2D eigenvalue weighted by Crippen LogP contribution is -2.38. The Kier molecular flexibility index (Phi) is 3.84. The van der Waals surface area contributed by atoms with E-state index in [4.69, 9.17) is 5.21 Å². The molecule has 1 N–H and O–H groups in total. The van der Waals surface area contributed by atoms with Crippen LogP contribution in [0.2, 0.25) is 0 Å². The van der Waals surface area contributed by atoms with Gasteiger partial charge in [0, 0.05) is 18.7 Å². The maximum absolute atomic E-state index is 12.3. The van der Waals surface area contributed by atoms with E-state index in [1.54, 1.807) is 4.90 Å². The van der Waals surface area contributed by atoms with Crippen molar-refractivity contribution in [1.29, 1.82) is 0 Å². The molecule has 2 rings (SSSR count). The summed E-state index contributed by atoms with van der Waals surface area (Å²) >= 11 is 0. The Morgan fingerprint density at radius 1 is 1.44 bits per heavy atom. The molecule has 0 radical (unpaired) electrons. The summed E-state index contributed by atoms with van der Waals surface area (Å²) in [7, 11) is 0. The lowest BCUT2D eigenvalue weighted by Gasteiger charge is -2.22. The van der Waals surface area contributed by atoms with Crippen LogP contribution in [0.15, 0.2) is 28.5 Å². The molecule has 1 aliphatic heterocycles. The van der Waals surface area contributed by atoms with Crippen LogP contribution in [-0.4, -0.2) is 34.8 Å². The molecule has 0 unspecified atom stereocenters. The van der Waals surface area contributed by atoms with Gasteiger partial charge in [-0.1, -0.05) is 36.7 Å². The van der Waals surface area contributed by atoms with E-state index < -0.39 is 0 Å². The maximum Gasteiger partial charge on any atom is 0.276 e. The zero-order valence-electron chi connectivity index (χ0n) is 11.0. The summed E-state index contributed by atoms with van der Waals surface area (Å²) in [5.41, 5.74) is 2.28. The topological polar surface area (TPSA) is 52.9 Å². The minimum Gasteiger partial charge on any atom is -0.410 e. The zero-order valence-corrected chi connectivity index (χ0v) is 11.0. The first kappa shape index (κ1) is 12.9. The van der Waals surface area contributed by atoms with Gasteiger partial charge in [-0.15, -0.1) is 0 Å². The number of hydrogen-bond acceptors (Lipinski definition) is 3. The molecule has 0 aromatic heterocycles. The predicted octanol–water partition coefficient (Wildman–Crippen LogP) is 2.35. The monoisotopic (exact) mass is 248 g/mol. The fraction of sp³-hybridized carbons (Fsp3) is 0.571. The number of amides is 1. The van der Waals surface area contributed by atoms with Crippen molar-refractivity contribution in [3.63, 3.8) is 0 Å². The van der Waals surface area contributed by atoms with Crippen LogP contribution in [-0.2, 0) is 4.79 Å². The summed E-state index contributed by atoms with van der Waals surface area (Å²) in [6.07, 6.45) is 6.82. The maximum atomic E-state index is 12.3. The Labute approximate surface area is 108 Å². The summed E-state index contributed by atoms with van der Waals surface area (Å²) in [5.74, 6) is 0.266. The summed E-state index contributed by atoms with van der Waals surface area (Å²) in [5, 5.41) is 12.4. The third-order valence-electron chi connectivity index (χ3n) is 3.39. The minimum atomic E-state index is -0.150. The van der Waals surface area contributed by atoms with Gasteiger partial charge in [0.15, 0.2) is 5.71 Å². The highest BCUT2D eigenvalue weighted by Gasteiger charge is 2.29. The lowest BCUT2D eigenvalue weighted by molar-refractivity contribution is -0.124. The van der Waals surface area contributed by atoms with Crippen molar-refractivity contribution in [2.75, 3.05) is 13.1 Å². The van der Waals surface area contributed by atoms with Gasteiger partial charge in [-0.3, -0.25) is 4.79 Å². The van der Waals surface area contributed by atoms with Crippen LogP contribution in [0.5, 0.6) is 0 Å². The fourth-order valence-electron chi connectivity index (χ4n) is 2.57. The average Bonchev–Trinajstić information content (AvgIpc) is 2.47. The van der Waals surface area contributed by atoms with Gasteiger partial charge in [0.1, 0.15) is 0 Å². The van der Waals surface area contributed by atoms with Crippen molar-refractivity contribution in [2.24, 2.45) is 11.1 Å². The molecule has 0 atom stereocenters. The molecule has 98 valence electrons. The van der Waals surface area contributed by atoms with Gasteiger partial charge in [-0.2, -0.15) is 0 Å². The van der Waals surface area contributed by atoms with Crippen LogP contribution in [0.4, 0.5) is 0 Å². The highest BCUT2D eigenvalue weighted by atomic mass is 16.4. The highest BCUT2D eigenvalue weighted by Crippen LogP contribution is 2.27. The van der Waals surface area contributed by atoms with E-state index in [1.165, 1.54) is 5.57 Å². The van der Waals surface area contributed by atoms with Gasteiger partial charge in [0.05, 0.1) is 0 Å². The van der Waals surface area contributed by atoms with Crippen LogP contribution >= 0.6 is 0 Å². The fourth-order valence-corrected chi connectivity index (χ4v) is 2.57. The van der Waals surface area contributed by atoms with E-state index in [-0.39, 0.29) is 11.6 Å². The third kappa shape index (κ3) is 2.47. The van der Waals surface area contributed by atoms with E-state index in [9.17, 15) is 4.79 Å². The lowest BCUT2D eigenvalue weighted by atomic mass is 9.93. The molecule has 0 saturated carbocycles. The number of allylic oxidation sites excluding steroid dienone is 2. The highest BCUT2D eigenvalue weighted by molar-refractivity contribution is 6.46. The van der Waals surface area contributed by atoms with Crippen LogP contribution in [0.25, 0.3) is 0 Å². The van der Waals surface area contributed by atoms with Gasteiger partial charge >= 0.3 is 0 Å². The third-order valence-corrected chi connectivity index (χ3v) is 3.39. The SMILES string of the molecule is CC(C)CN1CCC2=C(C=CCC2)C(=NO)C1=O. The summed E-state index contributed by atoms with van der Waals surface area (Å²) < 4.78 is 0. The van der Waals surface area contributed by atoms with E-state index in [2.05, 4.69) is 19.0 Å². The second-order valence-electron chi connectivity index (χ2n) is 5.30. The smallest absolute Gasteiger partial charge is 0.276 e. The van der Waals surface area contributed by atoms with E-state index in [0.29, 0.717) is 12.5 Å². The van der Waals surface area contributed by atoms with Crippen molar-refractivity contribution < 1.29 is 10.0 Å². The molecule has 2 aliphatic rings. The van der Waals surface area contributed by atoms with Gasteiger partial charge in [-0.05, 0) is 25.2 Å². The largest absolute Gasteiger partial charge is 0.410 e. The number of oxime groups is 1. The molecule has 0 bridgehead atoms. The summed E-state index contributed by atoms with van der Waals surface area (Å²) in [4.78, 5) is 14.1. The molecular weight excluding hydrogens is 228 g/mol.